The fourth-order valence-electron chi connectivity index (χ4n) is 2.69. The van der Waals surface area contributed by atoms with E-state index in [2.05, 4.69) is 24.0 Å². The van der Waals surface area contributed by atoms with Gasteiger partial charge in [0.05, 0.1) is 0 Å². The lowest BCUT2D eigenvalue weighted by Gasteiger charge is -2.28. The molecular formula is C12H15N. The van der Waals surface area contributed by atoms with Crippen molar-refractivity contribution in [2.75, 3.05) is 0 Å². The highest BCUT2D eigenvalue weighted by atomic mass is 14.7. The molecule has 2 aliphatic rings. The Bertz CT molecular complexity index is 339. The van der Waals surface area contributed by atoms with Crippen molar-refractivity contribution >= 4 is 0 Å². The summed E-state index contributed by atoms with van der Waals surface area (Å²) in [5.41, 5.74) is 3.52. The van der Waals surface area contributed by atoms with Crippen LogP contribution in [0, 0.1) is 0 Å². The Hall–Kier alpha value is -0.850. The number of hydrogen-bond acceptors (Lipinski definition) is 1. The molecule has 1 fully saturated rings. The second-order valence-corrected chi connectivity index (χ2v) is 4.66. The summed E-state index contributed by atoms with van der Waals surface area (Å²) >= 11 is 0. The Morgan fingerprint density at radius 2 is 2.23 bits per heavy atom. The fourth-order valence-corrected chi connectivity index (χ4v) is 2.69. The number of nitrogens with zero attached hydrogens (tertiary/aromatic N) is 1. The lowest BCUT2D eigenvalue weighted by atomic mass is 9.78. The van der Waals surface area contributed by atoms with Crippen LogP contribution in [0.3, 0.4) is 0 Å². The smallest absolute Gasteiger partial charge is 0.0469 e. The molecule has 1 heterocycles. The van der Waals surface area contributed by atoms with E-state index in [0.717, 1.165) is 0 Å². The van der Waals surface area contributed by atoms with Gasteiger partial charge in [0.1, 0.15) is 0 Å². The standard InChI is InChI=1S/C12H15N/c1-9-4-5-12(6-7-12)10-3-2-8-13-11(9)10/h2-3,8-9H,4-7H2,1H3. The Morgan fingerprint density at radius 3 is 3.00 bits per heavy atom. The highest BCUT2D eigenvalue weighted by Gasteiger charge is 2.48. The maximum atomic E-state index is 4.54. The molecule has 2 aliphatic carbocycles. The van der Waals surface area contributed by atoms with E-state index in [4.69, 9.17) is 0 Å². The molecule has 3 rings (SSSR count). The van der Waals surface area contributed by atoms with E-state index < -0.39 is 0 Å². The number of hydrogen-bond donors (Lipinski definition) is 0. The Morgan fingerprint density at radius 1 is 1.38 bits per heavy atom. The Kier molecular flexibility index (Phi) is 1.36. The molecule has 1 unspecified atom stereocenters. The summed E-state index contributed by atoms with van der Waals surface area (Å²) in [4.78, 5) is 4.54. The summed E-state index contributed by atoms with van der Waals surface area (Å²) in [5.74, 6) is 0.683. The van der Waals surface area contributed by atoms with Gasteiger partial charge in [-0.3, -0.25) is 4.98 Å². The van der Waals surface area contributed by atoms with Crippen molar-refractivity contribution in [3.63, 3.8) is 0 Å². The first-order valence-electron chi connectivity index (χ1n) is 5.27. The van der Waals surface area contributed by atoms with Crippen molar-refractivity contribution in [1.29, 1.82) is 0 Å². The van der Waals surface area contributed by atoms with E-state index in [0.29, 0.717) is 11.3 Å². The van der Waals surface area contributed by atoms with Crippen LogP contribution in [-0.4, -0.2) is 4.98 Å². The van der Waals surface area contributed by atoms with Crippen LogP contribution in [0.5, 0.6) is 0 Å². The predicted molar refractivity (Wildman–Crippen MR) is 52.8 cm³/mol. The summed E-state index contributed by atoms with van der Waals surface area (Å²) in [7, 11) is 0. The number of fused-ring (bicyclic) bond motifs is 2. The second kappa shape index (κ2) is 2.34. The van der Waals surface area contributed by atoms with Crippen molar-refractivity contribution in [3.8, 4) is 0 Å². The van der Waals surface area contributed by atoms with Crippen LogP contribution < -0.4 is 0 Å². The molecule has 1 heteroatoms. The maximum absolute atomic E-state index is 4.54. The quantitative estimate of drug-likeness (QED) is 0.587. The van der Waals surface area contributed by atoms with Gasteiger partial charge in [-0.05, 0) is 48.6 Å². The predicted octanol–water partition coefficient (Wildman–Crippen LogP) is 3.01. The van der Waals surface area contributed by atoms with Gasteiger partial charge >= 0.3 is 0 Å². The van der Waals surface area contributed by atoms with Gasteiger partial charge in [-0.1, -0.05) is 13.0 Å². The molecule has 1 saturated carbocycles. The van der Waals surface area contributed by atoms with E-state index in [1.165, 1.54) is 31.4 Å². The highest BCUT2D eigenvalue weighted by molar-refractivity contribution is 5.38. The van der Waals surface area contributed by atoms with Gasteiger partial charge in [0.2, 0.25) is 0 Å². The molecule has 0 aromatic carbocycles. The Balaban J connectivity index is 2.16. The molecule has 1 spiro atoms. The van der Waals surface area contributed by atoms with Crippen molar-refractivity contribution in [1.82, 2.24) is 4.98 Å². The SMILES string of the molecule is CC1CCC2(CC2)c2cccnc21. The molecule has 0 saturated heterocycles. The summed E-state index contributed by atoms with van der Waals surface area (Å²) in [6, 6.07) is 4.39. The van der Waals surface area contributed by atoms with Crippen molar-refractivity contribution in [3.05, 3.63) is 29.6 Å². The molecule has 1 aromatic heterocycles. The third-order valence-electron chi connectivity index (χ3n) is 3.79. The molecule has 13 heavy (non-hydrogen) atoms. The van der Waals surface area contributed by atoms with Gasteiger partial charge in [0.25, 0.3) is 0 Å². The summed E-state index contributed by atoms with van der Waals surface area (Å²) < 4.78 is 0. The minimum atomic E-state index is 0.579. The molecule has 0 bridgehead atoms. The third kappa shape index (κ3) is 0.962. The monoisotopic (exact) mass is 173 g/mol. The van der Waals surface area contributed by atoms with Crippen LogP contribution in [0.2, 0.25) is 0 Å². The second-order valence-electron chi connectivity index (χ2n) is 4.66. The Labute approximate surface area is 79.2 Å². The van der Waals surface area contributed by atoms with Gasteiger partial charge < -0.3 is 0 Å². The van der Waals surface area contributed by atoms with Crippen molar-refractivity contribution < 1.29 is 0 Å². The lowest BCUT2D eigenvalue weighted by molar-refractivity contribution is 0.479. The topological polar surface area (TPSA) is 12.9 Å². The minimum Gasteiger partial charge on any atom is -0.261 e. The van der Waals surface area contributed by atoms with E-state index in [1.807, 2.05) is 6.20 Å². The lowest BCUT2D eigenvalue weighted by Crippen LogP contribution is -2.19. The zero-order chi connectivity index (χ0) is 8.89. The van der Waals surface area contributed by atoms with Gasteiger partial charge in [-0.15, -0.1) is 0 Å². The molecule has 0 amide bonds. The van der Waals surface area contributed by atoms with Crippen LogP contribution in [0.15, 0.2) is 18.3 Å². The molecule has 1 aromatic rings. The minimum absolute atomic E-state index is 0.579. The molecule has 68 valence electrons. The summed E-state index contributed by atoms with van der Waals surface area (Å²) in [5, 5.41) is 0. The third-order valence-corrected chi connectivity index (χ3v) is 3.79. The molecule has 0 aliphatic heterocycles. The van der Waals surface area contributed by atoms with Crippen LogP contribution in [0.25, 0.3) is 0 Å². The summed E-state index contributed by atoms with van der Waals surface area (Å²) in [6.07, 6.45) is 7.48. The first-order valence-corrected chi connectivity index (χ1v) is 5.27. The first-order chi connectivity index (χ1) is 6.32. The van der Waals surface area contributed by atoms with E-state index in [9.17, 15) is 0 Å². The maximum Gasteiger partial charge on any atom is 0.0469 e. The highest BCUT2D eigenvalue weighted by Crippen LogP contribution is 2.56. The van der Waals surface area contributed by atoms with Gasteiger partial charge in [0.15, 0.2) is 0 Å². The molecule has 0 N–H and O–H groups in total. The average Bonchev–Trinajstić information content (AvgIpc) is 2.94. The number of aromatic nitrogens is 1. The molecule has 1 atom stereocenters. The van der Waals surface area contributed by atoms with E-state index in [1.54, 1.807) is 5.56 Å². The van der Waals surface area contributed by atoms with Gasteiger partial charge in [-0.25, -0.2) is 0 Å². The number of pyridine rings is 1. The molecular weight excluding hydrogens is 158 g/mol. The zero-order valence-corrected chi connectivity index (χ0v) is 8.09. The van der Waals surface area contributed by atoms with Crippen LogP contribution in [-0.2, 0) is 5.41 Å². The number of rotatable bonds is 0. The normalized spacial score (nSPS) is 28.5. The average molecular weight is 173 g/mol. The largest absolute Gasteiger partial charge is 0.261 e. The zero-order valence-electron chi connectivity index (χ0n) is 8.09. The van der Waals surface area contributed by atoms with Crippen molar-refractivity contribution in [2.24, 2.45) is 0 Å². The fraction of sp³-hybridized carbons (Fsp3) is 0.583. The molecule has 1 nitrogen and oxygen atoms in total. The van der Waals surface area contributed by atoms with Gasteiger partial charge in [-0.2, -0.15) is 0 Å². The first kappa shape index (κ1) is 7.54. The van der Waals surface area contributed by atoms with Crippen molar-refractivity contribution in [2.45, 2.75) is 43.9 Å². The van der Waals surface area contributed by atoms with E-state index >= 15 is 0 Å². The van der Waals surface area contributed by atoms with E-state index in [-0.39, 0.29) is 0 Å². The van der Waals surface area contributed by atoms with Gasteiger partial charge in [0, 0.05) is 11.9 Å². The van der Waals surface area contributed by atoms with Crippen LogP contribution in [0.4, 0.5) is 0 Å². The van der Waals surface area contributed by atoms with Crippen LogP contribution >= 0.6 is 0 Å². The summed E-state index contributed by atoms with van der Waals surface area (Å²) in [6.45, 7) is 2.31. The van der Waals surface area contributed by atoms with Crippen LogP contribution in [0.1, 0.15) is 49.8 Å². The molecule has 0 radical (unpaired) electrons.